The quantitative estimate of drug-likeness (QED) is 0.734. The second kappa shape index (κ2) is 6.57. The van der Waals surface area contributed by atoms with Crippen LogP contribution in [0.15, 0.2) is 42.5 Å². The van der Waals surface area contributed by atoms with Gasteiger partial charge in [0.1, 0.15) is 11.6 Å². The average Bonchev–Trinajstić information content (AvgIpc) is 2.48. The number of nitrogens with one attached hydrogen (secondary N) is 1. The van der Waals surface area contributed by atoms with Crippen molar-refractivity contribution in [3.8, 4) is 5.75 Å². The molecule has 0 spiro atoms. The standard InChI is InChI=1S/C15H13FN2O4/c16-10-3-1-2-4-12(10)18-14(19)8-22-13-6-5-9(15(20)21)7-11(13)17/h1-7H,8,17H2,(H,18,19)(H,20,21). The number of carbonyl (C=O) groups excluding carboxylic acids is 1. The highest BCUT2D eigenvalue weighted by Gasteiger charge is 2.10. The predicted molar refractivity (Wildman–Crippen MR) is 78.3 cm³/mol. The van der Waals surface area contributed by atoms with Crippen LogP contribution in [0, 0.1) is 5.82 Å². The number of nitrogens with two attached hydrogens (primary N) is 1. The van der Waals surface area contributed by atoms with E-state index in [0.717, 1.165) is 0 Å². The van der Waals surface area contributed by atoms with Crippen molar-refractivity contribution in [3.05, 3.63) is 53.8 Å². The van der Waals surface area contributed by atoms with Gasteiger partial charge in [-0.15, -0.1) is 0 Å². The lowest BCUT2D eigenvalue weighted by atomic mass is 10.2. The summed E-state index contributed by atoms with van der Waals surface area (Å²) in [6.07, 6.45) is 0. The summed E-state index contributed by atoms with van der Waals surface area (Å²) in [6.45, 7) is -0.384. The smallest absolute Gasteiger partial charge is 0.335 e. The van der Waals surface area contributed by atoms with Gasteiger partial charge in [-0.3, -0.25) is 4.79 Å². The molecule has 0 unspecified atom stereocenters. The average molecular weight is 304 g/mol. The molecule has 0 saturated heterocycles. The maximum absolute atomic E-state index is 13.4. The Kier molecular flexibility index (Phi) is 4.57. The number of benzene rings is 2. The van der Waals surface area contributed by atoms with Gasteiger partial charge < -0.3 is 20.9 Å². The van der Waals surface area contributed by atoms with Gasteiger partial charge in [0, 0.05) is 0 Å². The van der Waals surface area contributed by atoms with E-state index in [9.17, 15) is 14.0 Å². The minimum absolute atomic E-state index is 0.0145. The van der Waals surface area contributed by atoms with E-state index >= 15 is 0 Å². The number of carboxylic acid groups (broad SMARTS) is 1. The first-order valence-corrected chi connectivity index (χ1v) is 6.27. The summed E-state index contributed by atoms with van der Waals surface area (Å²) in [4.78, 5) is 22.5. The first kappa shape index (κ1) is 15.3. The number of carboxylic acids is 1. The number of anilines is 2. The summed E-state index contributed by atoms with van der Waals surface area (Å²) >= 11 is 0. The Morgan fingerprint density at radius 3 is 2.59 bits per heavy atom. The summed E-state index contributed by atoms with van der Waals surface area (Å²) in [6, 6.07) is 9.63. The Hall–Kier alpha value is -3.09. The summed E-state index contributed by atoms with van der Waals surface area (Å²) in [5, 5.41) is 11.2. The van der Waals surface area contributed by atoms with E-state index in [2.05, 4.69) is 5.32 Å². The van der Waals surface area contributed by atoms with Crippen molar-refractivity contribution in [1.82, 2.24) is 0 Å². The monoisotopic (exact) mass is 304 g/mol. The number of ether oxygens (including phenoxy) is 1. The highest BCUT2D eigenvalue weighted by atomic mass is 19.1. The number of nitrogen functional groups attached to an aromatic ring is 1. The van der Waals surface area contributed by atoms with Crippen LogP contribution in [0.3, 0.4) is 0 Å². The molecule has 0 radical (unpaired) electrons. The second-order valence-corrected chi connectivity index (χ2v) is 4.37. The largest absolute Gasteiger partial charge is 0.482 e. The number of amides is 1. The zero-order valence-electron chi connectivity index (χ0n) is 11.4. The van der Waals surface area contributed by atoms with Crippen molar-refractivity contribution in [3.63, 3.8) is 0 Å². The van der Waals surface area contributed by atoms with Crippen LogP contribution in [0.5, 0.6) is 5.75 Å². The van der Waals surface area contributed by atoms with Gasteiger partial charge in [0.25, 0.3) is 5.91 Å². The molecule has 114 valence electrons. The molecular formula is C15H13FN2O4. The molecule has 0 aliphatic heterocycles. The Labute approximate surface area is 125 Å². The number of para-hydroxylation sites is 1. The molecule has 0 bridgehead atoms. The minimum atomic E-state index is -1.12. The van der Waals surface area contributed by atoms with Crippen LogP contribution in [0.1, 0.15) is 10.4 Å². The fourth-order valence-corrected chi connectivity index (χ4v) is 1.71. The highest BCUT2D eigenvalue weighted by Crippen LogP contribution is 2.22. The Bertz CT molecular complexity index is 718. The molecular weight excluding hydrogens is 291 g/mol. The van der Waals surface area contributed by atoms with Crippen LogP contribution in [0.4, 0.5) is 15.8 Å². The lowest BCUT2D eigenvalue weighted by Crippen LogP contribution is -2.21. The minimum Gasteiger partial charge on any atom is -0.482 e. The maximum Gasteiger partial charge on any atom is 0.335 e. The van der Waals surface area contributed by atoms with Crippen molar-refractivity contribution in [2.24, 2.45) is 0 Å². The normalized spacial score (nSPS) is 10.0. The molecule has 7 heteroatoms. The first-order valence-electron chi connectivity index (χ1n) is 6.27. The molecule has 2 aromatic rings. The van der Waals surface area contributed by atoms with Gasteiger partial charge >= 0.3 is 5.97 Å². The molecule has 0 fully saturated rings. The van der Waals surface area contributed by atoms with Crippen LogP contribution >= 0.6 is 0 Å². The molecule has 0 heterocycles. The molecule has 6 nitrogen and oxygen atoms in total. The summed E-state index contributed by atoms with van der Waals surface area (Å²) in [7, 11) is 0. The lowest BCUT2D eigenvalue weighted by Gasteiger charge is -2.10. The van der Waals surface area contributed by atoms with E-state index < -0.39 is 17.7 Å². The number of carbonyl (C=O) groups is 2. The van der Waals surface area contributed by atoms with Gasteiger partial charge in [0.2, 0.25) is 0 Å². The van der Waals surface area contributed by atoms with Crippen LogP contribution in [-0.4, -0.2) is 23.6 Å². The lowest BCUT2D eigenvalue weighted by molar-refractivity contribution is -0.118. The molecule has 2 aromatic carbocycles. The van der Waals surface area contributed by atoms with Gasteiger partial charge in [-0.05, 0) is 30.3 Å². The Morgan fingerprint density at radius 2 is 1.95 bits per heavy atom. The molecule has 0 atom stereocenters. The third-order valence-electron chi connectivity index (χ3n) is 2.76. The summed E-state index contributed by atoms with van der Waals surface area (Å²) in [5.74, 6) is -2.06. The Balaban J connectivity index is 1.97. The van der Waals surface area contributed by atoms with Crippen molar-refractivity contribution in [1.29, 1.82) is 0 Å². The molecule has 0 aliphatic carbocycles. The van der Waals surface area contributed by atoms with Crippen molar-refractivity contribution >= 4 is 23.3 Å². The number of hydrogen-bond donors (Lipinski definition) is 3. The van der Waals surface area contributed by atoms with Crippen molar-refractivity contribution in [2.45, 2.75) is 0 Å². The number of aromatic carboxylic acids is 1. The fourth-order valence-electron chi connectivity index (χ4n) is 1.71. The van der Waals surface area contributed by atoms with Crippen LogP contribution in [-0.2, 0) is 4.79 Å². The third kappa shape index (κ3) is 3.72. The summed E-state index contributed by atoms with van der Waals surface area (Å²) in [5.41, 5.74) is 5.80. The number of rotatable bonds is 5. The van der Waals surface area contributed by atoms with E-state index in [1.165, 1.54) is 36.4 Å². The van der Waals surface area contributed by atoms with E-state index in [1.54, 1.807) is 6.07 Å². The maximum atomic E-state index is 13.4. The van der Waals surface area contributed by atoms with Gasteiger partial charge in [-0.25, -0.2) is 9.18 Å². The Morgan fingerprint density at radius 1 is 1.23 bits per heavy atom. The SMILES string of the molecule is Nc1cc(C(=O)O)ccc1OCC(=O)Nc1ccccc1F. The molecule has 22 heavy (non-hydrogen) atoms. The van der Waals surface area contributed by atoms with Crippen molar-refractivity contribution < 1.29 is 23.8 Å². The van der Waals surface area contributed by atoms with Crippen LogP contribution in [0.2, 0.25) is 0 Å². The number of hydrogen-bond acceptors (Lipinski definition) is 4. The molecule has 2 rings (SSSR count). The second-order valence-electron chi connectivity index (χ2n) is 4.37. The number of halogens is 1. The van der Waals surface area contributed by atoms with Crippen LogP contribution in [0.25, 0.3) is 0 Å². The topological polar surface area (TPSA) is 102 Å². The van der Waals surface area contributed by atoms with Crippen LogP contribution < -0.4 is 15.8 Å². The molecule has 0 aliphatic rings. The molecule has 4 N–H and O–H groups in total. The van der Waals surface area contributed by atoms with E-state index in [1.807, 2.05) is 0 Å². The van der Waals surface area contributed by atoms with E-state index in [-0.39, 0.29) is 29.3 Å². The fraction of sp³-hybridized carbons (Fsp3) is 0.0667. The van der Waals surface area contributed by atoms with Gasteiger partial charge in [0.15, 0.2) is 6.61 Å². The zero-order valence-corrected chi connectivity index (χ0v) is 11.4. The first-order chi connectivity index (χ1) is 10.5. The van der Waals surface area contributed by atoms with Crippen molar-refractivity contribution in [2.75, 3.05) is 17.7 Å². The molecule has 0 aromatic heterocycles. The van der Waals surface area contributed by atoms with E-state index in [4.69, 9.17) is 15.6 Å². The summed E-state index contributed by atoms with van der Waals surface area (Å²) < 4.78 is 18.6. The third-order valence-corrected chi connectivity index (χ3v) is 2.76. The zero-order chi connectivity index (χ0) is 16.1. The van der Waals surface area contributed by atoms with Gasteiger partial charge in [-0.1, -0.05) is 12.1 Å². The molecule has 0 saturated carbocycles. The predicted octanol–water partition coefficient (Wildman–Crippen LogP) is 2.12. The van der Waals surface area contributed by atoms with Gasteiger partial charge in [-0.2, -0.15) is 0 Å². The van der Waals surface area contributed by atoms with Gasteiger partial charge in [0.05, 0.1) is 16.9 Å². The highest BCUT2D eigenvalue weighted by molar-refractivity contribution is 5.92. The molecule has 1 amide bonds. The van der Waals surface area contributed by atoms with E-state index in [0.29, 0.717) is 0 Å².